The number of ketones is 1. The molecule has 0 amide bonds. The fourth-order valence-corrected chi connectivity index (χ4v) is 1.96. The molecule has 0 aliphatic heterocycles. The highest BCUT2D eigenvalue weighted by Crippen LogP contribution is 2.21. The van der Waals surface area contributed by atoms with Crippen molar-refractivity contribution in [1.29, 1.82) is 0 Å². The first-order valence-electron chi connectivity index (χ1n) is 4.83. The number of hydrogen-bond donors (Lipinski definition) is 0. The number of carbonyl (C=O) groups is 1. The summed E-state index contributed by atoms with van der Waals surface area (Å²) >= 11 is 3.12. The smallest absolute Gasteiger partial charge is 0.194 e. The van der Waals surface area contributed by atoms with Gasteiger partial charge >= 0.3 is 0 Å². The van der Waals surface area contributed by atoms with Gasteiger partial charge in [-0.3, -0.25) is 4.79 Å². The third-order valence-electron chi connectivity index (χ3n) is 2.28. The maximum Gasteiger partial charge on any atom is 0.194 e. The molecule has 2 aromatic carbocycles. The fraction of sp³-hybridized carbons (Fsp3) is 0. The van der Waals surface area contributed by atoms with Gasteiger partial charge in [-0.15, -0.1) is 0 Å². The molecule has 1 nitrogen and oxygen atoms in total. The van der Waals surface area contributed by atoms with Crippen molar-refractivity contribution in [2.75, 3.05) is 0 Å². The van der Waals surface area contributed by atoms with E-state index in [1.165, 1.54) is 42.5 Å². The first kappa shape index (κ1) is 11.9. The second-order valence-electron chi connectivity index (χ2n) is 3.46. The maximum absolute atomic E-state index is 12.9. The van der Waals surface area contributed by atoms with Crippen LogP contribution in [0.5, 0.6) is 0 Å². The van der Waals surface area contributed by atoms with Crippen molar-refractivity contribution in [2.24, 2.45) is 0 Å². The van der Waals surface area contributed by atoms with Gasteiger partial charge in [0.05, 0.1) is 0 Å². The Morgan fingerprint density at radius 3 is 2.12 bits per heavy atom. The molecule has 0 unspecified atom stereocenters. The van der Waals surface area contributed by atoms with Gasteiger partial charge in [0, 0.05) is 15.6 Å². The Balaban J connectivity index is 2.40. The van der Waals surface area contributed by atoms with Crippen LogP contribution in [0.1, 0.15) is 15.9 Å². The highest BCUT2D eigenvalue weighted by molar-refractivity contribution is 9.10. The number of benzene rings is 2. The van der Waals surface area contributed by atoms with Crippen molar-refractivity contribution in [3.63, 3.8) is 0 Å². The molecule has 0 atom stereocenters. The van der Waals surface area contributed by atoms with Crippen LogP contribution in [0, 0.1) is 11.6 Å². The van der Waals surface area contributed by atoms with E-state index in [9.17, 15) is 13.6 Å². The Bertz CT molecular complexity index is 564. The van der Waals surface area contributed by atoms with Crippen LogP contribution >= 0.6 is 15.9 Å². The predicted molar refractivity (Wildman–Crippen MR) is 63.9 cm³/mol. The van der Waals surface area contributed by atoms with Gasteiger partial charge < -0.3 is 0 Å². The molecule has 2 rings (SSSR count). The lowest BCUT2D eigenvalue weighted by Crippen LogP contribution is -2.02. The number of rotatable bonds is 2. The van der Waals surface area contributed by atoms with E-state index in [2.05, 4.69) is 15.9 Å². The van der Waals surface area contributed by atoms with Gasteiger partial charge in [-0.2, -0.15) is 0 Å². The van der Waals surface area contributed by atoms with Gasteiger partial charge in [0.2, 0.25) is 0 Å². The summed E-state index contributed by atoms with van der Waals surface area (Å²) in [6.45, 7) is 0. The molecule has 2 aromatic rings. The van der Waals surface area contributed by atoms with Crippen LogP contribution in [0.4, 0.5) is 8.78 Å². The zero-order valence-electron chi connectivity index (χ0n) is 8.58. The Labute approximate surface area is 105 Å². The van der Waals surface area contributed by atoms with E-state index in [-0.39, 0.29) is 5.78 Å². The monoisotopic (exact) mass is 296 g/mol. The average Bonchev–Trinajstić information content (AvgIpc) is 2.29. The summed E-state index contributed by atoms with van der Waals surface area (Å²) in [5.74, 6) is -1.11. The highest BCUT2D eigenvalue weighted by Gasteiger charge is 2.12. The zero-order chi connectivity index (χ0) is 12.4. The average molecular weight is 297 g/mol. The minimum absolute atomic E-state index is 0.281. The largest absolute Gasteiger partial charge is 0.289 e. The van der Waals surface area contributed by atoms with Gasteiger partial charge in [-0.25, -0.2) is 8.78 Å². The number of carbonyl (C=O) groups excluding carboxylic acids is 1. The first-order valence-corrected chi connectivity index (χ1v) is 5.62. The van der Waals surface area contributed by atoms with Crippen molar-refractivity contribution < 1.29 is 13.6 Å². The van der Waals surface area contributed by atoms with Crippen molar-refractivity contribution >= 4 is 21.7 Å². The van der Waals surface area contributed by atoms with Gasteiger partial charge in [0.15, 0.2) is 5.78 Å². The van der Waals surface area contributed by atoms with Gasteiger partial charge in [-0.1, -0.05) is 0 Å². The summed E-state index contributed by atoms with van der Waals surface area (Å²) in [5.41, 5.74) is 0.705. The standard InChI is InChI=1S/C13H7BrF2O/c14-12-7-10(16)5-6-11(12)13(17)8-1-3-9(15)4-2-8/h1-7H. The van der Waals surface area contributed by atoms with Crippen LogP contribution in [0.25, 0.3) is 0 Å². The summed E-state index contributed by atoms with van der Waals surface area (Å²) in [6, 6.07) is 9.04. The third-order valence-corrected chi connectivity index (χ3v) is 2.94. The van der Waals surface area contributed by atoms with E-state index in [1.807, 2.05) is 0 Å². The zero-order valence-corrected chi connectivity index (χ0v) is 10.2. The summed E-state index contributed by atoms with van der Waals surface area (Å²) in [7, 11) is 0. The molecule has 0 heterocycles. The van der Waals surface area contributed by atoms with E-state index in [1.54, 1.807) is 0 Å². The molecule has 4 heteroatoms. The van der Waals surface area contributed by atoms with Gasteiger partial charge in [-0.05, 0) is 58.4 Å². The van der Waals surface area contributed by atoms with Crippen molar-refractivity contribution in [3.05, 3.63) is 69.7 Å². The van der Waals surface area contributed by atoms with E-state index >= 15 is 0 Å². The summed E-state index contributed by atoms with van der Waals surface area (Å²) in [5, 5.41) is 0. The Morgan fingerprint density at radius 2 is 1.53 bits per heavy atom. The van der Waals surface area contributed by atoms with Crippen molar-refractivity contribution in [1.82, 2.24) is 0 Å². The topological polar surface area (TPSA) is 17.1 Å². The van der Waals surface area contributed by atoms with Crippen molar-refractivity contribution in [2.45, 2.75) is 0 Å². The van der Waals surface area contributed by atoms with E-state index in [0.717, 1.165) is 0 Å². The molecule has 0 aliphatic carbocycles. The summed E-state index contributed by atoms with van der Waals surface area (Å²) in [6.07, 6.45) is 0. The van der Waals surface area contributed by atoms with E-state index < -0.39 is 11.6 Å². The lowest BCUT2D eigenvalue weighted by molar-refractivity contribution is 0.103. The predicted octanol–water partition coefficient (Wildman–Crippen LogP) is 3.96. The second-order valence-corrected chi connectivity index (χ2v) is 4.31. The van der Waals surface area contributed by atoms with Gasteiger partial charge in [0.1, 0.15) is 11.6 Å². The molecule has 0 saturated heterocycles. The molecule has 0 N–H and O–H groups in total. The number of halogens is 3. The lowest BCUT2D eigenvalue weighted by atomic mass is 10.0. The SMILES string of the molecule is O=C(c1ccc(F)cc1)c1ccc(F)cc1Br. The Morgan fingerprint density at radius 1 is 0.941 bits per heavy atom. The maximum atomic E-state index is 12.9. The molecule has 0 saturated carbocycles. The summed E-state index contributed by atoms with van der Waals surface area (Å²) in [4.78, 5) is 12.0. The molecule has 86 valence electrons. The molecule has 0 bridgehead atoms. The van der Waals surface area contributed by atoms with Crippen molar-refractivity contribution in [3.8, 4) is 0 Å². The van der Waals surface area contributed by atoms with E-state index in [0.29, 0.717) is 15.6 Å². The highest BCUT2D eigenvalue weighted by atomic mass is 79.9. The van der Waals surface area contributed by atoms with E-state index in [4.69, 9.17) is 0 Å². The fourth-order valence-electron chi connectivity index (χ4n) is 1.43. The Hall–Kier alpha value is -1.55. The van der Waals surface area contributed by atoms with Crippen LogP contribution in [-0.2, 0) is 0 Å². The molecule has 0 aliphatic rings. The molecule has 17 heavy (non-hydrogen) atoms. The molecular formula is C13H7BrF2O. The van der Waals surface area contributed by atoms with Crippen LogP contribution in [0.2, 0.25) is 0 Å². The summed E-state index contributed by atoms with van der Waals surface area (Å²) < 4.78 is 26.0. The lowest BCUT2D eigenvalue weighted by Gasteiger charge is -2.03. The molecule has 0 aromatic heterocycles. The Kier molecular flexibility index (Phi) is 3.33. The third kappa shape index (κ3) is 2.58. The molecule has 0 spiro atoms. The molecular weight excluding hydrogens is 290 g/mol. The minimum Gasteiger partial charge on any atom is -0.289 e. The van der Waals surface area contributed by atoms with Crippen LogP contribution in [0.15, 0.2) is 46.9 Å². The van der Waals surface area contributed by atoms with Crippen LogP contribution < -0.4 is 0 Å². The minimum atomic E-state index is -0.424. The number of hydrogen-bond acceptors (Lipinski definition) is 1. The molecule has 0 radical (unpaired) electrons. The molecule has 0 fully saturated rings. The van der Waals surface area contributed by atoms with Gasteiger partial charge in [0.25, 0.3) is 0 Å². The van der Waals surface area contributed by atoms with Crippen LogP contribution in [-0.4, -0.2) is 5.78 Å². The normalized spacial score (nSPS) is 10.3. The quantitative estimate of drug-likeness (QED) is 0.767. The van der Waals surface area contributed by atoms with Crippen LogP contribution in [0.3, 0.4) is 0 Å². The first-order chi connectivity index (χ1) is 8.08. The second kappa shape index (κ2) is 4.75.